The first-order valence-corrected chi connectivity index (χ1v) is 9.40. The highest BCUT2D eigenvalue weighted by Gasteiger charge is 2.28. The zero-order valence-corrected chi connectivity index (χ0v) is 15.9. The number of carbonyl (C=O) groups is 1. The second-order valence-electron chi connectivity index (χ2n) is 7.05. The van der Waals surface area contributed by atoms with E-state index in [0.717, 1.165) is 24.2 Å². The van der Waals surface area contributed by atoms with Gasteiger partial charge in [-0.2, -0.15) is 4.98 Å². The van der Waals surface area contributed by atoms with Gasteiger partial charge in [-0.3, -0.25) is 0 Å². The molecule has 9 nitrogen and oxygen atoms in total. The molecule has 0 saturated carbocycles. The second-order valence-corrected chi connectivity index (χ2v) is 7.05. The molecule has 1 N–H and O–H groups in total. The Labute approximate surface area is 162 Å². The number of nitrogens with one attached hydrogen (secondary N) is 1. The zero-order valence-electron chi connectivity index (χ0n) is 15.9. The summed E-state index contributed by atoms with van der Waals surface area (Å²) >= 11 is 0. The Kier molecular flexibility index (Phi) is 5.05. The van der Waals surface area contributed by atoms with Crippen molar-refractivity contribution in [1.29, 1.82) is 0 Å². The van der Waals surface area contributed by atoms with Crippen molar-refractivity contribution in [1.82, 2.24) is 35.1 Å². The van der Waals surface area contributed by atoms with E-state index < -0.39 is 0 Å². The van der Waals surface area contributed by atoms with Crippen molar-refractivity contribution in [2.75, 3.05) is 13.1 Å². The van der Waals surface area contributed by atoms with E-state index in [4.69, 9.17) is 4.52 Å². The maximum atomic E-state index is 12.6. The summed E-state index contributed by atoms with van der Waals surface area (Å²) < 4.78 is 7.29. The molecule has 1 aliphatic rings. The van der Waals surface area contributed by atoms with Gasteiger partial charge in [-0.25, -0.2) is 4.79 Å². The van der Waals surface area contributed by atoms with Crippen LogP contribution in [-0.4, -0.2) is 48.9 Å². The molecule has 2 amide bonds. The van der Waals surface area contributed by atoms with Gasteiger partial charge in [0.05, 0.1) is 6.04 Å². The van der Waals surface area contributed by atoms with Crippen LogP contribution in [0.4, 0.5) is 4.79 Å². The number of hydrogen-bond donors (Lipinski definition) is 1. The van der Waals surface area contributed by atoms with Crippen LogP contribution in [0.5, 0.6) is 0 Å². The maximum Gasteiger partial charge on any atom is 0.317 e. The molecule has 1 aliphatic heterocycles. The largest absolute Gasteiger partial charge is 0.339 e. The van der Waals surface area contributed by atoms with Crippen LogP contribution >= 0.6 is 0 Å². The van der Waals surface area contributed by atoms with Gasteiger partial charge in [-0.15, -0.1) is 10.2 Å². The lowest BCUT2D eigenvalue weighted by Crippen LogP contribution is -2.45. The SMILES string of the molecule is CC(NC(=O)N1CCC(c2nc(-c3ccccc3)no2)CC1)c1nncn1C. The molecule has 1 atom stereocenters. The number of urea groups is 1. The smallest absolute Gasteiger partial charge is 0.317 e. The van der Waals surface area contributed by atoms with E-state index in [1.165, 1.54) is 0 Å². The molecule has 0 aliphatic carbocycles. The average Bonchev–Trinajstić information content (AvgIpc) is 3.38. The highest BCUT2D eigenvalue weighted by Crippen LogP contribution is 2.28. The van der Waals surface area contributed by atoms with Crippen molar-refractivity contribution in [3.05, 3.63) is 48.4 Å². The first-order chi connectivity index (χ1) is 13.6. The Morgan fingerprint density at radius 2 is 2.00 bits per heavy atom. The molecule has 1 saturated heterocycles. The second kappa shape index (κ2) is 7.79. The number of carbonyl (C=O) groups excluding carboxylic acids is 1. The molecule has 4 rings (SSSR count). The molecule has 2 aromatic heterocycles. The summed E-state index contributed by atoms with van der Waals surface area (Å²) in [6, 6.07) is 9.47. The van der Waals surface area contributed by atoms with Gasteiger partial charge < -0.3 is 19.3 Å². The van der Waals surface area contributed by atoms with Crippen LogP contribution in [-0.2, 0) is 7.05 Å². The Balaban J connectivity index is 1.33. The van der Waals surface area contributed by atoms with Crippen LogP contribution in [0.25, 0.3) is 11.4 Å². The summed E-state index contributed by atoms with van der Waals surface area (Å²) in [5, 5.41) is 15.0. The molecule has 1 aromatic carbocycles. The average molecular weight is 381 g/mol. The van der Waals surface area contributed by atoms with Crippen molar-refractivity contribution in [3.63, 3.8) is 0 Å². The zero-order chi connectivity index (χ0) is 19.5. The molecule has 146 valence electrons. The highest BCUT2D eigenvalue weighted by molar-refractivity contribution is 5.74. The minimum Gasteiger partial charge on any atom is -0.339 e. The Morgan fingerprint density at radius 3 is 2.68 bits per heavy atom. The Bertz CT molecular complexity index is 929. The van der Waals surface area contributed by atoms with E-state index in [0.29, 0.717) is 24.8 Å². The molecule has 1 fully saturated rings. The monoisotopic (exact) mass is 381 g/mol. The Morgan fingerprint density at radius 1 is 1.25 bits per heavy atom. The third kappa shape index (κ3) is 3.73. The number of rotatable bonds is 4. The fourth-order valence-electron chi connectivity index (χ4n) is 3.46. The van der Waals surface area contributed by atoms with E-state index >= 15 is 0 Å². The number of hydrogen-bond acceptors (Lipinski definition) is 6. The van der Waals surface area contributed by atoms with Gasteiger partial charge in [0.15, 0.2) is 5.82 Å². The maximum absolute atomic E-state index is 12.6. The molecule has 0 radical (unpaired) electrons. The molecule has 3 aromatic rings. The predicted octanol–water partition coefficient (Wildman–Crippen LogP) is 2.52. The molecule has 28 heavy (non-hydrogen) atoms. The van der Waals surface area contributed by atoms with E-state index in [-0.39, 0.29) is 18.0 Å². The van der Waals surface area contributed by atoms with E-state index in [9.17, 15) is 4.79 Å². The lowest BCUT2D eigenvalue weighted by Gasteiger charge is -2.31. The first-order valence-electron chi connectivity index (χ1n) is 9.40. The number of likely N-dealkylation sites (tertiary alicyclic amines) is 1. The van der Waals surface area contributed by atoms with Crippen molar-refractivity contribution < 1.29 is 9.32 Å². The standard InChI is InChI=1S/C19H23N7O2/c1-13(17-23-20-12-25(17)2)21-19(27)26-10-8-15(9-11-26)18-22-16(24-28-18)14-6-4-3-5-7-14/h3-7,12-13,15H,8-11H2,1-2H3,(H,21,27). The number of aromatic nitrogens is 5. The van der Waals surface area contributed by atoms with Gasteiger partial charge in [-0.1, -0.05) is 35.5 Å². The van der Waals surface area contributed by atoms with Crippen LogP contribution in [0.3, 0.4) is 0 Å². The Hall–Kier alpha value is -3.23. The van der Waals surface area contributed by atoms with E-state index in [1.807, 2.05) is 49.2 Å². The molecule has 3 heterocycles. The van der Waals surface area contributed by atoms with Gasteiger partial charge in [0, 0.05) is 31.6 Å². The molecule has 0 spiro atoms. The molecular formula is C19H23N7O2. The van der Waals surface area contributed by atoms with Gasteiger partial charge >= 0.3 is 6.03 Å². The molecule has 0 bridgehead atoms. The highest BCUT2D eigenvalue weighted by atomic mass is 16.5. The summed E-state index contributed by atoms with van der Waals surface area (Å²) in [7, 11) is 1.86. The minimum atomic E-state index is -0.206. The topological polar surface area (TPSA) is 102 Å². The van der Waals surface area contributed by atoms with Crippen LogP contribution in [0.15, 0.2) is 41.2 Å². The summed E-state index contributed by atoms with van der Waals surface area (Å²) in [5.41, 5.74) is 0.937. The van der Waals surface area contributed by atoms with Gasteiger partial charge in [0.25, 0.3) is 0 Å². The van der Waals surface area contributed by atoms with E-state index in [2.05, 4.69) is 25.7 Å². The summed E-state index contributed by atoms with van der Waals surface area (Å²) in [4.78, 5) is 18.9. The quantitative estimate of drug-likeness (QED) is 0.745. The fourth-order valence-corrected chi connectivity index (χ4v) is 3.46. The summed E-state index contributed by atoms with van der Waals surface area (Å²) in [5.74, 6) is 2.15. The molecule has 1 unspecified atom stereocenters. The molecular weight excluding hydrogens is 358 g/mol. The fraction of sp³-hybridized carbons (Fsp3) is 0.421. The first kappa shape index (κ1) is 18.1. The van der Waals surface area contributed by atoms with Gasteiger partial charge in [0.2, 0.25) is 11.7 Å². The number of amides is 2. The third-order valence-corrected chi connectivity index (χ3v) is 5.08. The van der Waals surface area contributed by atoms with Crippen molar-refractivity contribution in [2.45, 2.75) is 31.7 Å². The summed E-state index contributed by atoms with van der Waals surface area (Å²) in [6.45, 7) is 3.19. The number of aryl methyl sites for hydroxylation is 1. The van der Waals surface area contributed by atoms with Crippen LogP contribution in [0.1, 0.15) is 43.4 Å². The van der Waals surface area contributed by atoms with Gasteiger partial charge in [0.1, 0.15) is 6.33 Å². The summed E-state index contributed by atoms with van der Waals surface area (Å²) in [6.07, 6.45) is 3.21. The lowest BCUT2D eigenvalue weighted by atomic mass is 9.97. The van der Waals surface area contributed by atoms with E-state index in [1.54, 1.807) is 10.9 Å². The van der Waals surface area contributed by atoms with Crippen LogP contribution in [0.2, 0.25) is 0 Å². The minimum absolute atomic E-state index is 0.0931. The number of piperidine rings is 1. The van der Waals surface area contributed by atoms with Crippen molar-refractivity contribution in [2.24, 2.45) is 7.05 Å². The normalized spacial score (nSPS) is 16.1. The van der Waals surface area contributed by atoms with Crippen LogP contribution in [0, 0.1) is 0 Å². The van der Waals surface area contributed by atoms with Gasteiger partial charge in [-0.05, 0) is 19.8 Å². The third-order valence-electron chi connectivity index (χ3n) is 5.08. The van der Waals surface area contributed by atoms with Crippen molar-refractivity contribution in [3.8, 4) is 11.4 Å². The van der Waals surface area contributed by atoms with Crippen molar-refractivity contribution >= 4 is 6.03 Å². The number of nitrogens with zero attached hydrogens (tertiary/aromatic N) is 6. The molecule has 9 heteroatoms. The number of benzene rings is 1. The predicted molar refractivity (Wildman–Crippen MR) is 101 cm³/mol. The lowest BCUT2D eigenvalue weighted by molar-refractivity contribution is 0.172. The van der Waals surface area contributed by atoms with Crippen LogP contribution < -0.4 is 5.32 Å².